The lowest BCUT2D eigenvalue weighted by Gasteiger charge is -2.15. The van der Waals surface area contributed by atoms with Gasteiger partial charge in [-0.05, 0) is 19.8 Å². The van der Waals surface area contributed by atoms with Gasteiger partial charge in [-0.15, -0.1) is 0 Å². The monoisotopic (exact) mass is 226 g/mol. The van der Waals surface area contributed by atoms with Crippen molar-refractivity contribution in [3.63, 3.8) is 0 Å². The van der Waals surface area contributed by atoms with Crippen LogP contribution in [0.5, 0.6) is 0 Å². The minimum atomic E-state index is -0.549. The first-order valence-electron chi connectivity index (χ1n) is 5.49. The van der Waals surface area contributed by atoms with Crippen LogP contribution in [-0.4, -0.2) is 30.1 Å². The number of hydrogen-bond donors (Lipinski definition) is 1. The van der Waals surface area contributed by atoms with Crippen LogP contribution in [-0.2, 0) is 14.3 Å². The molecule has 0 bridgehead atoms. The number of aliphatic hydroxyl groups excluding tert-OH is 1. The predicted octanol–water partition coefficient (Wildman–Crippen LogP) is 1.23. The van der Waals surface area contributed by atoms with Crippen LogP contribution in [0.1, 0.15) is 33.6 Å². The van der Waals surface area contributed by atoms with Crippen molar-refractivity contribution in [2.45, 2.75) is 33.6 Å². The van der Waals surface area contributed by atoms with Crippen molar-refractivity contribution in [1.29, 1.82) is 0 Å². The molecule has 4 nitrogen and oxygen atoms in total. The predicted molar refractivity (Wildman–Crippen MR) is 58.8 cm³/mol. The van der Waals surface area contributed by atoms with E-state index in [1.165, 1.54) is 0 Å². The molecule has 0 fully saturated rings. The number of ether oxygens (including phenoxy) is 1. The summed E-state index contributed by atoms with van der Waals surface area (Å²) in [4.78, 5) is 23.6. The summed E-state index contributed by atoms with van der Waals surface area (Å²) in [6, 6.07) is 0. The molecular formula is C12H18O4. The van der Waals surface area contributed by atoms with Crippen molar-refractivity contribution in [3.05, 3.63) is 11.1 Å². The molecule has 0 aliphatic heterocycles. The number of carbonyl (C=O) groups excluding carboxylic acids is 2. The lowest BCUT2D eigenvalue weighted by Crippen LogP contribution is -2.20. The zero-order valence-electron chi connectivity index (χ0n) is 10.0. The zero-order chi connectivity index (χ0) is 12.3. The molecule has 1 aliphatic rings. The van der Waals surface area contributed by atoms with Gasteiger partial charge in [0.2, 0.25) is 0 Å². The maximum Gasteiger partial charge on any atom is 0.334 e. The Morgan fingerprint density at radius 3 is 2.62 bits per heavy atom. The first kappa shape index (κ1) is 12.9. The van der Waals surface area contributed by atoms with E-state index in [-0.39, 0.29) is 18.8 Å². The van der Waals surface area contributed by atoms with Crippen molar-refractivity contribution in [3.8, 4) is 0 Å². The van der Waals surface area contributed by atoms with E-state index < -0.39 is 11.4 Å². The Balaban J connectivity index is 3.00. The third-order valence-electron chi connectivity index (χ3n) is 2.76. The van der Waals surface area contributed by atoms with Crippen LogP contribution in [0.15, 0.2) is 11.1 Å². The average Bonchev–Trinajstić information content (AvgIpc) is 2.43. The Morgan fingerprint density at radius 2 is 2.12 bits per heavy atom. The molecule has 0 saturated carbocycles. The molecule has 1 aliphatic carbocycles. The van der Waals surface area contributed by atoms with Crippen LogP contribution in [0.3, 0.4) is 0 Å². The number of esters is 1. The standard InChI is InChI=1S/C12H18O4/c1-4-16-11(15)9-7-12(2,3)10(14)8(9)5-6-13/h13H,4-7H2,1-3H3. The van der Waals surface area contributed by atoms with Gasteiger partial charge in [-0.25, -0.2) is 4.79 Å². The molecule has 0 heterocycles. The highest BCUT2D eigenvalue weighted by Gasteiger charge is 2.41. The number of ketones is 1. The topological polar surface area (TPSA) is 63.6 Å². The highest BCUT2D eigenvalue weighted by Crippen LogP contribution is 2.39. The Kier molecular flexibility index (Phi) is 3.86. The zero-order valence-corrected chi connectivity index (χ0v) is 10.0. The van der Waals surface area contributed by atoms with E-state index in [9.17, 15) is 9.59 Å². The molecule has 0 unspecified atom stereocenters. The van der Waals surface area contributed by atoms with Gasteiger partial charge >= 0.3 is 5.97 Å². The van der Waals surface area contributed by atoms with E-state index in [1.54, 1.807) is 20.8 Å². The van der Waals surface area contributed by atoms with Crippen LogP contribution < -0.4 is 0 Å². The number of carbonyl (C=O) groups is 2. The second-order valence-electron chi connectivity index (χ2n) is 4.54. The molecule has 4 heteroatoms. The lowest BCUT2D eigenvalue weighted by atomic mass is 9.87. The van der Waals surface area contributed by atoms with Crippen molar-refractivity contribution in [2.24, 2.45) is 5.41 Å². The summed E-state index contributed by atoms with van der Waals surface area (Å²) in [5.41, 5.74) is 0.323. The van der Waals surface area contributed by atoms with Crippen LogP contribution in [0, 0.1) is 5.41 Å². The minimum Gasteiger partial charge on any atom is -0.463 e. The van der Waals surface area contributed by atoms with Gasteiger partial charge in [-0.1, -0.05) is 13.8 Å². The van der Waals surface area contributed by atoms with E-state index in [0.717, 1.165) is 0 Å². The van der Waals surface area contributed by atoms with Crippen LogP contribution in [0.25, 0.3) is 0 Å². The maximum atomic E-state index is 12.0. The Labute approximate surface area is 95.3 Å². The van der Waals surface area contributed by atoms with E-state index in [0.29, 0.717) is 24.2 Å². The summed E-state index contributed by atoms with van der Waals surface area (Å²) in [6.07, 6.45) is 0.635. The molecule has 16 heavy (non-hydrogen) atoms. The van der Waals surface area contributed by atoms with Crippen LogP contribution >= 0.6 is 0 Å². The van der Waals surface area contributed by atoms with E-state index in [1.807, 2.05) is 0 Å². The van der Waals surface area contributed by atoms with Gasteiger partial charge in [-0.2, -0.15) is 0 Å². The Bertz CT molecular complexity index is 339. The second-order valence-corrected chi connectivity index (χ2v) is 4.54. The van der Waals surface area contributed by atoms with Gasteiger partial charge in [0.25, 0.3) is 0 Å². The molecule has 0 aromatic carbocycles. The van der Waals surface area contributed by atoms with Crippen LogP contribution in [0.2, 0.25) is 0 Å². The molecule has 1 N–H and O–H groups in total. The largest absolute Gasteiger partial charge is 0.463 e. The van der Waals surface area contributed by atoms with Crippen molar-refractivity contribution >= 4 is 11.8 Å². The molecule has 0 spiro atoms. The minimum absolute atomic E-state index is 0.0513. The molecule has 90 valence electrons. The number of hydrogen-bond acceptors (Lipinski definition) is 4. The van der Waals surface area contributed by atoms with Crippen LogP contribution in [0.4, 0.5) is 0 Å². The summed E-state index contributed by atoms with van der Waals surface area (Å²) in [7, 11) is 0. The molecule has 0 atom stereocenters. The third-order valence-corrected chi connectivity index (χ3v) is 2.76. The normalized spacial score (nSPS) is 19.1. The average molecular weight is 226 g/mol. The fourth-order valence-corrected chi connectivity index (χ4v) is 1.96. The van der Waals surface area contributed by atoms with E-state index in [4.69, 9.17) is 9.84 Å². The summed E-state index contributed by atoms with van der Waals surface area (Å²) >= 11 is 0. The van der Waals surface area contributed by atoms with Gasteiger partial charge in [0.05, 0.1) is 6.61 Å². The fraction of sp³-hybridized carbons (Fsp3) is 0.667. The van der Waals surface area contributed by atoms with E-state index >= 15 is 0 Å². The number of rotatable bonds is 4. The Hall–Kier alpha value is -1.16. The van der Waals surface area contributed by atoms with Gasteiger partial charge in [0, 0.05) is 23.2 Å². The maximum absolute atomic E-state index is 12.0. The lowest BCUT2D eigenvalue weighted by molar-refractivity contribution is -0.138. The highest BCUT2D eigenvalue weighted by atomic mass is 16.5. The van der Waals surface area contributed by atoms with E-state index in [2.05, 4.69) is 0 Å². The first-order chi connectivity index (χ1) is 7.44. The summed E-state index contributed by atoms with van der Waals surface area (Å²) in [5, 5.41) is 8.91. The molecule has 0 aromatic heterocycles. The summed E-state index contributed by atoms with van der Waals surface area (Å²) < 4.78 is 4.91. The molecule has 0 saturated heterocycles. The molecule has 0 aromatic rings. The van der Waals surface area contributed by atoms with Crippen molar-refractivity contribution < 1.29 is 19.4 Å². The first-order valence-corrected chi connectivity index (χ1v) is 5.49. The second kappa shape index (κ2) is 4.78. The number of Topliss-reactive ketones (excluding diaryl/α,β-unsaturated/α-hetero) is 1. The fourth-order valence-electron chi connectivity index (χ4n) is 1.96. The molecule has 0 amide bonds. The number of aliphatic hydroxyl groups is 1. The smallest absolute Gasteiger partial charge is 0.334 e. The Morgan fingerprint density at radius 1 is 1.50 bits per heavy atom. The summed E-state index contributed by atoms with van der Waals surface area (Å²) in [6.45, 7) is 5.51. The summed E-state index contributed by atoms with van der Waals surface area (Å²) in [5.74, 6) is -0.477. The van der Waals surface area contributed by atoms with Gasteiger partial charge in [-0.3, -0.25) is 4.79 Å². The quantitative estimate of drug-likeness (QED) is 0.732. The molecule has 1 rings (SSSR count). The SMILES string of the molecule is CCOC(=O)C1=C(CCO)C(=O)C(C)(C)C1. The highest BCUT2D eigenvalue weighted by molar-refractivity contribution is 6.10. The van der Waals surface area contributed by atoms with Gasteiger partial charge < -0.3 is 9.84 Å². The molecular weight excluding hydrogens is 208 g/mol. The van der Waals surface area contributed by atoms with Gasteiger partial charge in [0.15, 0.2) is 5.78 Å². The molecule has 0 radical (unpaired) electrons. The van der Waals surface area contributed by atoms with Gasteiger partial charge in [0.1, 0.15) is 0 Å². The third kappa shape index (κ3) is 2.32. The van der Waals surface area contributed by atoms with Crippen molar-refractivity contribution in [1.82, 2.24) is 0 Å². The van der Waals surface area contributed by atoms with Crippen molar-refractivity contribution in [2.75, 3.05) is 13.2 Å².